The molecule has 0 unspecified atom stereocenters. The van der Waals surface area contributed by atoms with E-state index in [4.69, 9.17) is 14.2 Å². The number of nitro benzene ring substituents is 1. The maximum Gasteiger partial charge on any atom is 0.350 e. The molecule has 3 rings (SSSR count). The molecule has 2 amide bonds. The molecule has 0 heterocycles. The Balaban J connectivity index is 1.61. The van der Waals surface area contributed by atoms with Gasteiger partial charge in [0.2, 0.25) is 0 Å². The number of nitrogens with one attached hydrogen (secondary N) is 2. The number of rotatable bonds is 8. The number of amides is 2. The van der Waals surface area contributed by atoms with Crippen molar-refractivity contribution in [1.82, 2.24) is 5.43 Å². The zero-order chi connectivity index (χ0) is 26.1. The third-order valence-electron chi connectivity index (χ3n) is 4.63. The number of nitrogens with zero attached hydrogens (tertiary/aromatic N) is 2. The van der Waals surface area contributed by atoms with E-state index >= 15 is 0 Å². The van der Waals surface area contributed by atoms with Gasteiger partial charge in [0.1, 0.15) is 22.8 Å². The average Bonchev–Trinajstić information content (AvgIpc) is 2.88. The Morgan fingerprint density at radius 2 is 1.69 bits per heavy atom. The Morgan fingerprint density at radius 1 is 0.917 bits per heavy atom. The van der Waals surface area contributed by atoms with E-state index in [-0.39, 0.29) is 22.7 Å². The summed E-state index contributed by atoms with van der Waals surface area (Å²) in [7, 11) is 2.88. The molecule has 0 radical (unpaired) electrons. The fraction of sp³-hybridized carbons (Fsp3) is 0.0833. The lowest BCUT2D eigenvalue weighted by Gasteiger charge is -2.10. The summed E-state index contributed by atoms with van der Waals surface area (Å²) in [6.07, 6.45) is 1.22. The van der Waals surface area contributed by atoms with Crippen LogP contribution in [0.4, 0.5) is 11.4 Å². The van der Waals surface area contributed by atoms with E-state index in [1.54, 1.807) is 24.3 Å². The third kappa shape index (κ3) is 6.41. The van der Waals surface area contributed by atoms with Crippen LogP contribution >= 0.6 is 0 Å². The van der Waals surface area contributed by atoms with Crippen molar-refractivity contribution in [3.63, 3.8) is 0 Å². The van der Waals surface area contributed by atoms with Crippen molar-refractivity contribution in [1.29, 1.82) is 0 Å². The molecule has 2 N–H and O–H groups in total. The van der Waals surface area contributed by atoms with E-state index in [2.05, 4.69) is 15.8 Å². The van der Waals surface area contributed by atoms with Crippen molar-refractivity contribution in [2.75, 3.05) is 19.5 Å². The summed E-state index contributed by atoms with van der Waals surface area (Å²) in [6, 6.07) is 16.1. The lowest BCUT2D eigenvalue weighted by Crippen LogP contribution is -2.32. The number of hydrazone groups is 1. The maximum absolute atomic E-state index is 12.4. The van der Waals surface area contributed by atoms with Crippen LogP contribution < -0.4 is 25.0 Å². The average molecular weight is 492 g/mol. The molecule has 3 aromatic rings. The van der Waals surface area contributed by atoms with Gasteiger partial charge >= 0.3 is 17.8 Å². The Hall–Kier alpha value is -5.26. The highest BCUT2D eigenvalue weighted by Crippen LogP contribution is 2.29. The van der Waals surface area contributed by atoms with Gasteiger partial charge in [0.05, 0.1) is 31.0 Å². The third-order valence-corrected chi connectivity index (χ3v) is 4.63. The quantitative estimate of drug-likeness (QED) is 0.121. The van der Waals surface area contributed by atoms with Crippen molar-refractivity contribution in [3.8, 4) is 17.2 Å². The number of carbonyl (C=O) groups excluding carboxylic acids is 3. The Morgan fingerprint density at radius 3 is 2.42 bits per heavy atom. The first-order valence-corrected chi connectivity index (χ1v) is 10.2. The zero-order valence-electron chi connectivity index (χ0n) is 19.1. The second-order valence-electron chi connectivity index (χ2n) is 6.96. The molecule has 36 heavy (non-hydrogen) atoms. The van der Waals surface area contributed by atoms with E-state index in [1.165, 1.54) is 62.9 Å². The van der Waals surface area contributed by atoms with Crippen LogP contribution in [0.15, 0.2) is 71.8 Å². The molecule has 12 heteroatoms. The molecule has 0 saturated carbocycles. The second kappa shape index (κ2) is 11.7. The SMILES string of the molecule is COc1ccc(NC(=O)C(=O)N/N=C/c2cccc(OC(=O)c3ccccc3[N+](=O)[O-])c2)c(OC)c1. The van der Waals surface area contributed by atoms with Crippen LogP contribution in [0.3, 0.4) is 0 Å². The fourth-order valence-corrected chi connectivity index (χ4v) is 2.92. The molecule has 184 valence electrons. The first kappa shape index (κ1) is 25.4. The van der Waals surface area contributed by atoms with Crippen LogP contribution in [0, 0.1) is 10.1 Å². The lowest BCUT2D eigenvalue weighted by atomic mass is 10.2. The minimum atomic E-state index is -1.04. The van der Waals surface area contributed by atoms with E-state index < -0.39 is 22.7 Å². The summed E-state index contributed by atoms with van der Waals surface area (Å²) in [5.74, 6) is -2.03. The highest BCUT2D eigenvalue weighted by atomic mass is 16.6. The maximum atomic E-state index is 12.4. The number of esters is 1. The van der Waals surface area contributed by atoms with Gasteiger partial charge in [0.15, 0.2) is 0 Å². The molecule has 3 aromatic carbocycles. The van der Waals surface area contributed by atoms with Gasteiger partial charge in [-0.15, -0.1) is 0 Å². The standard InChI is InChI=1S/C24H20N4O8/c1-34-16-10-11-19(21(13-16)35-2)26-22(29)23(30)27-25-14-15-6-5-7-17(12-15)36-24(31)18-8-3-4-9-20(18)28(32)33/h3-14H,1-2H3,(H,26,29)(H,27,30)/b25-14+. The number of carbonyl (C=O) groups is 3. The minimum absolute atomic E-state index is 0.0952. The van der Waals surface area contributed by atoms with E-state index in [9.17, 15) is 24.5 Å². The summed E-state index contributed by atoms with van der Waals surface area (Å²) in [5, 5.41) is 17.3. The summed E-state index contributed by atoms with van der Waals surface area (Å²) in [6.45, 7) is 0. The first-order chi connectivity index (χ1) is 17.3. The molecule has 0 saturated heterocycles. The van der Waals surface area contributed by atoms with Gasteiger partial charge in [-0.05, 0) is 35.9 Å². The molecular formula is C24H20N4O8. The lowest BCUT2D eigenvalue weighted by molar-refractivity contribution is -0.385. The molecule has 0 aliphatic carbocycles. The van der Waals surface area contributed by atoms with Crippen molar-refractivity contribution in [2.24, 2.45) is 5.10 Å². The molecule has 0 bridgehead atoms. The number of ether oxygens (including phenoxy) is 3. The normalized spacial score (nSPS) is 10.4. The largest absolute Gasteiger partial charge is 0.497 e. The highest BCUT2D eigenvalue weighted by Gasteiger charge is 2.21. The number of anilines is 1. The predicted octanol–water partition coefficient (Wildman–Crippen LogP) is 2.92. The van der Waals surface area contributed by atoms with Gasteiger partial charge in [-0.2, -0.15) is 5.10 Å². The molecular weight excluding hydrogens is 472 g/mol. The van der Waals surface area contributed by atoms with Crippen LogP contribution in [0.1, 0.15) is 15.9 Å². The van der Waals surface area contributed by atoms with Crippen molar-refractivity contribution >= 4 is 35.4 Å². The van der Waals surface area contributed by atoms with Crippen LogP contribution in [-0.4, -0.2) is 43.1 Å². The minimum Gasteiger partial charge on any atom is -0.497 e. The van der Waals surface area contributed by atoms with E-state index in [1.807, 2.05) is 0 Å². The first-order valence-electron chi connectivity index (χ1n) is 10.2. The molecule has 0 aliphatic rings. The zero-order valence-corrected chi connectivity index (χ0v) is 19.1. The molecule has 0 aromatic heterocycles. The number of hydrogen-bond donors (Lipinski definition) is 2. The van der Waals surface area contributed by atoms with Crippen LogP contribution in [0.25, 0.3) is 0 Å². The number of nitro groups is 1. The van der Waals surface area contributed by atoms with E-state index in [0.717, 1.165) is 0 Å². The molecule has 0 fully saturated rings. The molecule has 0 spiro atoms. The summed E-state index contributed by atoms with van der Waals surface area (Å²) in [4.78, 5) is 47.1. The predicted molar refractivity (Wildman–Crippen MR) is 128 cm³/mol. The van der Waals surface area contributed by atoms with Crippen LogP contribution in [0.5, 0.6) is 17.2 Å². The van der Waals surface area contributed by atoms with Gasteiger partial charge in [-0.1, -0.05) is 24.3 Å². The van der Waals surface area contributed by atoms with Gasteiger partial charge in [0.25, 0.3) is 5.69 Å². The number of benzene rings is 3. The van der Waals surface area contributed by atoms with Gasteiger partial charge < -0.3 is 19.5 Å². The molecule has 0 aliphatic heterocycles. The van der Waals surface area contributed by atoms with Gasteiger partial charge in [0, 0.05) is 12.1 Å². The van der Waals surface area contributed by atoms with Crippen LogP contribution in [0.2, 0.25) is 0 Å². The molecule has 12 nitrogen and oxygen atoms in total. The van der Waals surface area contributed by atoms with Crippen molar-refractivity contribution < 1.29 is 33.5 Å². The van der Waals surface area contributed by atoms with Crippen molar-refractivity contribution in [3.05, 3.63) is 88.0 Å². The second-order valence-corrected chi connectivity index (χ2v) is 6.96. The highest BCUT2D eigenvalue weighted by molar-refractivity contribution is 6.39. The smallest absolute Gasteiger partial charge is 0.350 e. The summed E-state index contributed by atoms with van der Waals surface area (Å²) >= 11 is 0. The van der Waals surface area contributed by atoms with Gasteiger partial charge in [-0.3, -0.25) is 19.7 Å². The van der Waals surface area contributed by atoms with Crippen LogP contribution in [-0.2, 0) is 9.59 Å². The Labute approximate surface area is 204 Å². The number of para-hydroxylation sites is 1. The Bertz CT molecular complexity index is 1340. The van der Waals surface area contributed by atoms with Gasteiger partial charge in [-0.25, -0.2) is 10.2 Å². The van der Waals surface area contributed by atoms with E-state index in [0.29, 0.717) is 17.1 Å². The fourth-order valence-electron chi connectivity index (χ4n) is 2.92. The topological polar surface area (TPSA) is 158 Å². The van der Waals surface area contributed by atoms with Crippen molar-refractivity contribution in [2.45, 2.75) is 0 Å². The summed E-state index contributed by atoms with van der Waals surface area (Å²) < 4.78 is 15.5. The number of methoxy groups -OCH3 is 2. The molecule has 0 atom stereocenters. The monoisotopic (exact) mass is 492 g/mol. The number of hydrogen-bond acceptors (Lipinski definition) is 9. The Kier molecular flexibility index (Phi) is 8.27. The summed E-state index contributed by atoms with van der Waals surface area (Å²) in [5.41, 5.74) is 2.18.